The van der Waals surface area contributed by atoms with Crippen LogP contribution in [0.25, 0.3) is 0 Å². The van der Waals surface area contributed by atoms with Gasteiger partial charge in [-0.05, 0) is 48.9 Å². The second-order valence-corrected chi connectivity index (χ2v) is 14.2. The molecule has 2 atom stereocenters. The quantitative estimate of drug-likeness (QED) is 0.195. The number of ether oxygens (including phenoxy) is 4. The Kier molecular flexibility index (Phi) is 9.51. The Labute approximate surface area is 261 Å². The van der Waals surface area contributed by atoms with Crippen molar-refractivity contribution in [3.63, 3.8) is 0 Å². The summed E-state index contributed by atoms with van der Waals surface area (Å²) < 4.78 is 36.8. The molecule has 0 saturated carbocycles. The van der Waals surface area contributed by atoms with Crippen LogP contribution in [-0.2, 0) is 4.57 Å². The van der Waals surface area contributed by atoms with Gasteiger partial charge in [-0.2, -0.15) is 0 Å². The predicted octanol–water partition coefficient (Wildman–Crippen LogP) is 8.32. The largest absolute Gasteiger partial charge is 0.496 e. The van der Waals surface area contributed by atoms with Gasteiger partial charge in [0.05, 0.1) is 40.3 Å². The standard InChI is InChI=1S/C36H43O7P/c1-21-27(17-19-35(3,4)31(21)33(37)29-23(40-7)13-11-14-24(29)41-8)44(39)28-18-20-36(5,6)32(22(28)2)34(38)30-25(42-9)15-12-16-26(30)43-10/h11-20,31-32,44H,1-10H3. The molecule has 0 heterocycles. The first-order chi connectivity index (χ1) is 20.7. The lowest BCUT2D eigenvalue weighted by molar-refractivity contribution is 0.0860. The molecule has 0 bridgehead atoms. The zero-order valence-electron chi connectivity index (χ0n) is 27.3. The number of ketones is 2. The lowest BCUT2D eigenvalue weighted by Crippen LogP contribution is -2.34. The van der Waals surface area contributed by atoms with E-state index in [-0.39, 0.29) is 11.6 Å². The average Bonchev–Trinajstić information content (AvgIpc) is 2.98. The van der Waals surface area contributed by atoms with Crippen molar-refractivity contribution in [2.75, 3.05) is 28.4 Å². The minimum atomic E-state index is -2.64. The number of Topliss-reactive ketones (excluding diaryl/α,β-unsaturated/α-hetero) is 2. The van der Waals surface area contributed by atoms with Gasteiger partial charge >= 0.3 is 0 Å². The summed E-state index contributed by atoms with van der Waals surface area (Å²) in [5.41, 5.74) is 1.04. The highest BCUT2D eigenvalue weighted by Crippen LogP contribution is 2.56. The van der Waals surface area contributed by atoms with Crippen LogP contribution in [0.3, 0.4) is 0 Å². The molecule has 0 amide bonds. The number of allylic oxidation sites excluding steroid dienone is 8. The third-order valence-corrected chi connectivity index (χ3v) is 11.0. The molecule has 7 nitrogen and oxygen atoms in total. The van der Waals surface area contributed by atoms with Crippen LogP contribution in [0, 0.1) is 22.7 Å². The van der Waals surface area contributed by atoms with E-state index in [1.165, 1.54) is 28.4 Å². The third kappa shape index (κ3) is 5.70. The number of hydrogen-bond donors (Lipinski definition) is 0. The van der Waals surface area contributed by atoms with E-state index >= 15 is 0 Å². The molecular weight excluding hydrogens is 575 g/mol. The highest BCUT2D eigenvalue weighted by atomic mass is 31.1. The Hall–Kier alpha value is -3.83. The highest BCUT2D eigenvalue weighted by molar-refractivity contribution is 7.54. The fourth-order valence-corrected chi connectivity index (χ4v) is 8.44. The van der Waals surface area contributed by atoms with Crippen LogP contribution in [0.1, 0.15) is 62.3 Å². The summed E-state index contributed by atoms with van der Waals surface area (Å²) in [4.78, 5) is 28.6. The van der Waals surface area contributed by atoms with E-state index in [0.717, 1.165) is 11.1 Å². The van der Waals surface area contributed by atoms with Gasteiger partial charge in [-0.15, -0.1) is 0 Å². The summed E-state index contributed by atoms with van der Waals surface area (Å²) in [6, 6.07) is 10.5. The van der Waals surface area contributed by atoms with Crippen LogP contribution in [0.4, 0.5) is 0 Å². The minimum Gasteiger partial charge on any atom is -0.496 e. The molecule has 0 aromatic heterocycles. The van der Waals surface area contributed by atoms with E-state index in [1.807, 2.05) is 65.8 Å². The Morgan fingerprint density at radius 1 is 0.614 bits per heavy atom. The van der Waals surface area contributed by atoms with E-state index in [2.05, 4.69) is 0 Å². The second kappa shape index (κ2) is 12.6. The van der Waals surface area contributed by atoms with Crippen molar-refractivity contribution in [1.29, 1.82) is 0 Å². The molecule has 0 saturated heterocycles. The van der Waals surface area contributed by atoms with E-state index in [4.69, 9.17) is 18.9 Å². The molecule has 0 spiro atoms. The van der Waals surface area contributed by atoms with E-state index in [9.17, 15) is 14.2 Å². The van der Waals surface area contributed by atoms with Crippen LogP contribution in [-0.4, -0.2) is 40.0 Å². The van der Waals surface area contributed by atoms with Gasteiger partial charge < -0.3 is 23.5 Å². The van der Waals surface area contributed by atoms with Crippen molar-refractivity contribution in [3.05, 3.63) is 93.6 Å². The van der Waals surface area contributed by atoms with Crippen molar-refractivity contribution < 1.29 is 33.1 Å². The number of carbonyl (C=O) groups is 2. The molecule has 0 radical (unpaired) electrons. The fourth-order valence-electron chi connectivity index (χ4n) is 6.68. The number of carbonyl (C=O) groups excluding carboxylic acids is 2. The number of methoxy groups -OCH3 is 4. The Morgan fingerprint density at radius 3 is 1.18 bits per heavy atom. The topological polar surface area (TPSA) is 88.1 Å². The van der Waals surface area contributed by atoms with Gasteiger partial charge in [-0.3, -0.25) is 9.59 Å². The SMILES string of the molecule is COc1cccc(OC)c1C(=O)C1C(C)=C([PH](=O)C2=C(C)C(C(=O)c3c(OC)cccc3OC)C(C)(C)C=C2)C=CC1(C)C. The third-order valence-electron chi connectivity index (χ3n) is 8.92. The molecule has 0 N–H and O–H groups in total. The first-order valence-corrected chi connectivity index (χ1v) is 16.0. The first kappa shape index (κ1) is 33.1. The summed E-state index contributed by atoms with van der Waals surface area (Å²) in [6.07, 6.45) is 7.68. The summed E-state index contributed by atoms with van der Waals surface area (Å²) >= 11 is 0. The van der Waals surface area contributed by atoms with Crippen LogP contribution in [0.5, 0.6) is 23.0 Å². The summed E-state index contributed by atoms with van der Waals surface area (Å²) in [5, 5.41) is 1.22. The van der Waals surface area contributed by atoms with Crippen LogP contribution < -0.4 is 18.9 Å². The lowest BCUT2D eigenvalue weighted by Gasteiger charge is -2.38. The zero-order valence-corrected chi connectivity index (χ0v) is 28.3. The molecule has 4 rings (SSSR count). The normalized spacial score (nSPS) is 21.1. The Balaban J connectivity index is 1.83. The van der Waals surface area contributed by atoms with E-state index in [0.29, 0.717) is 44.8 Å². The van der Waals surface area contributed by atoms with Crippen LogP contribution in [0.15, 0.2) is 82.5 Å². The molecule has 8 heteroatoms. The molecule has 0 aliphatic heterocycles. The Bertz CT molecular complexity index is 1470. The first-order valence-electron chi connectivity index (χ1n) is 14.6. The molecule has 2 unspecified atom stereocenters. The molecule has 2 aromatic carbocycles. The van der Waals surface area contributed by atoms with E-state index in [1.54, 1.807) is 36.4 Å². The highest BCUT2D eigenvalue weighted by Gasteiger charge is 2.44. The molecule has 0 fully saturated rings. The fraction of sp³-hybridized carbons (Fsp3) is 0.389. The van der Waals surface area contributed by atoms with Crippen molar-refractivity contribution in [2.24, 2.45) is 22.7 Å². The van der Waals surface area contributed by atoms with E-state index < -0.39 is 30.5 Å². The van der Waals surface area contributed by atoms with Gasteiger partial charge in [0.1, 0.15) is 41.9 Å². The van der Waals surface area contributed by atoms with Gasteiger partial charge in [0.15, 0.2) is 11.6 Å². The monoisotopic (exact) mass is 618 g/mol. The molecule has 2 aliphatic rings. The number of hydrogen-bond acceptors (Lipinski definition) is 7. The predicted molar refractivity (Wildman–Crippen MR) is 175 cm³/mol. The second-order valence-electron chi connectivity index (χ2n) is 12.5. The Morgan fingerprint density at radius 2 is 0.909 bits per heavy atom. The number of rotatable bonds is 10. The number of benzene rings is 2. The van der Waals surface area contributed by atoms with Crippen LogP contribution in [0.2, 0.25) is 0 Å². The summed E-state index contributed by atoms with van der Waals surface area (Å²) in [5.74, 6) is 0.138. The molecular formula is C36H43O7P. The lowest BCUT2D eigenvalue weighted by atomic mass is 9.68. The maximum Gasteiger partial charge on any atom is 0.178 e. The molecule has 234 valence electrons. The van der Waals surface area contributed by atoms with Crippen molar-refractivity contribution in [2.45, 2.75) is 41.5 Å². The smallest absolute Gasteiger partial charge is 0.178 e. The summed E-state index contributed by atoms with van der Waals surface area (Å²) in [6.45, 7) is 11.7. The average molecular weight is 619 g/mol. The van der Waals surface area contributed by atoms with Crippen LogP contribution >= 0.6 is 7.80 Å². The molecule has 2 aromatic rings. The van der Waals surface area contributed by atoms with Gasteiger partial charge in [-0.25, -0.2) is 0 Å². The molecule has 2 aliphatic carbocycles. The maximum atomic E-state index is 14.5. The van der Waals surface area contributed by atoms with Gasteiger partial charge in [0.2, 0.25) is 0 Å². The summed E-state index contributed by atoms with van der Waals surface area (Å²) in [7, 11) is 3.45. The van der Waals surface area contributed by atoms with Crippen molar-refractivity contribution in [1.82, 2.24) is 0 Å². The zero-order chi connectivity index (χ0) is 32.6. The van der Waals surface area contributed by atoms with Crippen molar-refractivity contribution in [3.8, 4) is 23.0 Å². The van der Waals surface area contributed by atoms with Gasteiger partial charge in [0, 0.05) is 10.6 Å². The molecule has 44 heavy (non-hydrogen) atoms. The minimum absolute atomic E-state index is 0.166. The van der Waals surface area contributed by atoms with Crippen molar-refractivity contribution >= 4 is 19.4 Å². The van der Waals surface area contributed by atoms with Gasteiger partial charge in [0.25, 0.3) is 0 Å². The maximum absolute atomic E-state index is 14.5. The van der Waals surface area contributed by atoms with Gasteiger partial charge in [-0.1, -0.05) is 75.3 Å².